The van der Waals surface area contributed by atoms with E-state index in [0.717, 1.165) is 17.7 Å². The van der Waals surface area contributed by atoms with Crippen LogP contribution in [0.1, 0.15) is 37.9 Å². The fourth-order valence-corrected chi connectivity index (χ4v) is 1.90. The number of carbonyl (C=O) groups is 1. The van der Waals surface area contributed by atoms with E-state index in [-0.39, 0.29) is 0 Å². The molecule has 0 aromatic carbocycles. The first-order chi connectivity index (χ1) is 7.49. The summed E-state index contributed by atoms with van der Waals surface area (Å²) in [7, 11) is 0. The molecule has 1 aromatic rings. The van der Waals surface area contributed by atoms with Crippen LogP contribution in [0.5, 0.6) is 0 Å². The molecule has 0 amide bonds. The van der Waals surface area contributed by atoms with Crippen LogP contribution in [0.15, 0.2) is 18.3 Å². The molecule has 3 nitrogen and oxygen atoms in total. The van der Waals surface area contributed by atoms with E-state index in [0.29, 0.717) is 12.8 Å². The van der Waals surface area contributed by atoms with Gasteiger partial charge < -0.3 is 5.11 Å². The van der Waals surface area contributed by atoms with Gasteiger partial charge in [-0.15, -0.1) is 0 Å². The molecule has 0 saturated heterocycles. The maximum atomic E-state index is 11.3. The number of aliphatic carboxylic acids is 1. The minimum Gasteiger partial charge on any atom is -0.481 e. The predicted octanol–water partition coefficient (Wildman–Crippen LogP) is 2.82. The molecular formula is C13H19NO2. The Morgan fingerprint density at radius 1 is 1.56 bits per heavy atom. The van der Waals surface area contributed by atoms with Gasteiger partial charge in [0.25, 0.3) is 0 Å². The number of carboxylic acid groups (broad SMARTS) is 1. The monoisotopic (exact) mass is 221 g/mol. The summed E-state index contributed by atoms with van der Waals surface area (Å²) in [6, 6.07) is 3.84. The Hall–Kier alpha value is -1.38. The number of rotatable bonds is 5. The topological polar surface area (TPSA) is 50.2 Å². The predicted molar refractivity (Wildman–Crippen MR) is 63.3 cm³/mol. The second-order valence-electron chi connectivity index (χ2n) is 4.56. The third-order valence-corrected chi connectivity index (χ3v) is 2.99. The van der Waals surface area contributed by atoms with Crippen molar-refractivity contribution < 1.29 is 9.90 Å². The van der Waals surface area contributed by atoms with Gasteiger partial charge in [0.05, 0.1) is 5.41 Å². The smallest absolute Gasteiger partial charge is 0.309 e. The van der Waals surface area contributed by atoms with Crippen LogP contribution in [0.3, 0.4) is 0 Å². The van der Waals surface area contributed by atoms with E-state index in [1.165, 1.54) is 0 Å². The van der Waals surface area contributed by atoms with E-state index >= 15 is 0 Å². The molecule has 0 saturated carbocycles. The average Bonchev–Trinajstić information content (AvgIpc) is 2.21. The van der Waals surface area contributed by atoms with Gasteiger partial charge in [0.1, 0.15) is 0 Å². The highest BCUT2D eigenvalue weighted by atomic mass is 16.4. The summed E-state index contributed by atoms with van der Waals surface area (Å²) in [5.74, 6) is -0.737. The highest BCUT2D eigenvalue weighted by Crippen LogP contribution is 2.28. The minimum absolute atomic E-state index is 0.503. The summed E-state index contributed by atoms with van der Waals surface area (Å²) >= 11 is 0. The van der Waals surface area contributed by atoms with Crippen LogP contribution in [0, 0.1) is 12.3 Å². The summed E-state index contributed by atoms with van der Waals surface area (Å²) in [5.41, 5.74) is 1.25. The molecule has 88 valence electrons. The molecule has 1 unspecified atom stereocenters. The third kappa shape index (κ3) is 2.81. The average molecular weight is 221 g/mol. The van der Waals surface area contributed by atoms with Crippen molar-refractivity contribution in [1.82, 2.24) is 4.98 Å². The number of carboxylic acids is 1. The number of aryl methyl sites for hydroxylation is 1. The first kappa shape index (κ1) is 12.7. The summed E-state index contributed by atoms with van der Waals surface area (Å²) in [6.45, 7) is 5.77. The summed E-state index contributed by atoms with van der Waals surface area (Å²) in [4.78, 5) is 15.6. The molecule has 1 aromatic heterocycles. The second-order valence-corrected chi connectivity index (χ2v) is 4.56. The van der Waals surface area contributed by atoms with Gasteiger partial charge in [-0.05, 0) is 31.9 Å². The SMILES string of the molecule is CCCC(C)(Cc1ncccc1C)C(=O)O. The van der Waals surface area contributed by atoms with Gasteiger partial charge in [-0.25, -0.2) is 0 Å². The van der Waals surface area contributed by atoms with Gasteiger partial charge in [-0.2, -0.15) is 0 Å². The van der Waals surface area contributed by atoms with Gasteiger partial charge in [0, 0.05) is 18.3 Å². The number of hydrogen-bond acceptors (Lipinski definition) is 2. The highest BCUT2D eigenvalue weighted by molar-refractivity contribution is 5.74. The molecule has 0 spiro atoms. The molecule has 0 aliphatic heterocycles. The molecule has 0 aliphatic rings. The number of pyridine rings is 1. The zero-order valence-electron chi connectivity index (χ0n) is 10.2. The van der Waals surface area contributed by atoms with Crippen molar-refractivity contribution in [2.24, 2.45) is 5.41 Å². The Labute approximate surface area is 96.5 Å². The molecule has 16 heavy (non-hydrogen) atoms. The zero-order chi connectivity index (χ0) is 12.2. The summed E-state index contributed by atoms with van der Waals surface area (Å²) in [5, 5.41) is 9.29. The lowest BCUT2D eigenvalue weighted by molar-refractivity contribution is -0.148. The fraction of sp³-hybridized carbons (Fsp3) is 0.538. The first-order valence-corrected chi connectivity index (χ1v) is 5.63. The molecule has 1 atom stereocenters. The molecule has 1 heterocycles. The largest absolute Gasteiger partial charge is 0.481 e. The first-order valence-electron chi connectivity index (χ1n) is 5.63. The van der Waals surface area contributed by atoms with E-state index in [4.69, 9.17) is 0 Å². The number of aromatic nitrogens is 1. The zero-order valence-corrected chi connectivity index (χ0v) is 10.2. The van der Waals surface area contributed by atoms with Crippen LogP contribution in [0.25, 0.3) is 0 Å². The molecular weight excluding hydrogens is 202 g/mol. The maximum absolute atomic E-state index is 11.3. The van der Waals surface area contributed by atoms with Crippen molar-refractivity contribution >= 4 is 5.97 Å². The van der Waals surface area contributed by atoms with Crippen molar-refractivity contribution in [2.75, 3.05) is 0 Å². The lowest BCUT2D eigenvalue weighted by atomic mass is 9.80. The highest BCUT2D eigenvalue weighted by Gasteiger charge is 2.33. The van der Waals surface area contributed by atoms with E-state index in [1.54, 1.807) is 13.1 Å². The Balaban J connectivity index is 2.92. The summed E-state index contributed by atoms with van der Waals surface area (Å²) in [6.07, 6.45) is 3.77. The van der Waals surface area contributed by atoms with E-state index in [1.807, 2.05) is 26.0 Å². The van der Waals surface area contributed by atoms with Crippen LogP contribution in [-0.4, -0.2) is 16.1 Å². The van der Waals surface area contributed by atoms with Crippen LogP contribution in [0.2, 0.25) is 0 Å². The fourth-order valence-electron chi connectivity index (χ4n) is 1.90. The van der Waals surface area contributed by atoms with Crippen molar-refractivity contribution in [3.05, 3.63) is 29.6 Å². The Kier molecular flexibility index (Phi) is 4.05. The van der Waals surface area contributed by atoms with Crippen LogP contribution >= 0.6 is 0 Å². The minimum atomic E-state index is -0.737. The molecule has 0 bridgehead atoms. The van der Waals surface area contributed by atoms with E-state index < -0.39 is 11.4 Å². The van der Waals surface area contributed by atoms with Crippen LogP contribution in [0.4, 0.5) is 0 Å². The molecule has 1 rings (SSSR count). The molecule has 3 heteroatoms. The normalized spacial score (nSPS) is 14.4. The molecule has 0 aliphatic carbocycles. The van der Waals surface area contributed by atoms with Crippen LogP contribution < -0.4 is 0 Å². The maximum Gasteiger partial charge on any atom is 0.309 e. The van der Waals surface area contributed by atoms with Crippen molar-refractivity contribution in [3.8, 4) is 0 Å². The lowest BCUT2D eigenvalue weighted by Crippen LogP contribution is -2.30. The van der Waals surface area contributed by atoms with Gasteiger partial charge >= 0.3 is 5.97 Å². The van der Waals surface area contributed by atoms with Gasteiger partial charge in [-0.3, -0.25) is 9.78 Å². The van der Waals surface area contributed by atoms with Gasteiger partial charge in [0.15, 0.2) is 0 Å². The second kappa shape index (κ2) is 5.10. The molecule has 0 radical (unpaired) electrons. The molecule has 0 fully saturated rings. The Bertz CT molecular complexity index is 376. The third-order valence-electron chi connectivity index (χ3n) is 2.99. The van der Waals surface area contributed by atoms with E-state index in [9.17, 15) is 9.90 Å². The van der Waals surface area contributed by atoms with E-state index in [2.05, 4.69) is 4.98 Å². The van der Waals surface area contributed by atoms with Gasteiger partial charge in [-0.1, -0.05) is 19.4 Å². The summed E-state index contributed by atoms with van der Waals surface area (Å²) < 4.78 is 0. The van der Waals surface area contributed by atoms with Crippen molar-refractivity contribution in [2.45, 2.75) is 40.0 Å². The number of nitrogens with zero attached hydrogens (tertiary/aromatic N) is 1. The van der Waals surface area contributed by atoms with Crippen molar-refractivity contribution in [3.63, 3.8) is 0 Å². The molecule has 1 N–H and O–H groups in total. The standard InChI is InChI=1S/C13H19NO2/c1-4-7-13(3,12(15)16)9-11-10(2)6-5-8-14-11/h5-6,8H,4,7,9H2,1-3H3,(H,15,16). The van der Waals surface area contributed by atoms with Gasteiger partial charge in [0.2, 0.25) is 0 Å². The lowest BCUT2D eigenvalue weighted by Gasteiger charge is -2.24. The van der Waals surface area contributed by atoms with Crippen LogP contribution in [-0.2, 0) is 11.2 Å². The Morgan fingerprint density at radius 3 is 2.75 bits per heavy atom. The number of hydrogen-bond donors (Lipinski definition) is 1. The van der Waals surface area contributed by atoms with Crippen molar-refractivity contribution in [1.29, 1.82) is 0 Å². The quantitative estimate of drug-likeness (QED) is 0.831. The Morgan fingerprint density at radius 2 is 2.25 bits per heavy atom.